The molecule has 0 aromatic heterocycles. The minimum Gasteiger partial charge on any atom is -0.0776 e. The van der Waals surface area contributed by atoms with Crippen molar-refractivity contribution in [3.63, 3.8) is 0 Å². The zero-order valence-electron chi connectivity index (χ0n) is 3.95. The lowest BCUT2D eigenvalue weighted by molar-refractivity contribution is 0.960. The second-order valence-corrected chi connectivity index (χ2v) is 1.68. The van der Waals surface area contributed by atoms with Crippen molar-refractivity contribution in [1.82, 2.24) is 0 Å². The van der Waals surface area contributed by atoms with Crippen molar-refractivity contribution >= 4 is 15.9 Å². The molecule has 0 unspecified atom stereocenters. The number of hydrogen-bond donors (Lipinski definition) is 0. The van der Waals surface area contributed by atoms with Gasteiger partial charge in [0, 0.05) is 0 Å². The van der Waals surface area contributed by atoms with Crippen LogP contribution < -0.4 is 0 Å². The van der Waals surface area contributed by atoms with Crippen LogP contribution in [0, 0.1) is 0 Å². The first-order valence-electron chi connectivity index (χ1n) is 2.17. The molecule has 0 atom stereocenters. The van der Waals surface area contributed by atoms with Crippen LogP contribution in [-0.4, -0.2) is 0 Å². The van der Waals surface area contributed by atoms with E-state index in [1.165, 1.54) is 12.8 Å². The number of halogens is 1. The van der Waals surface area contributed by atoms with Gasteiger partial charge >= 0.3 is 0 Å². The summed E-state index contributed by atoms with van der Waals surface area (Å²) in [5.74, 6) is 0. The molecule has 0 N–H and O–H groups in total. The molecular weight excluding hydrogens is 140 g/mol. The number of hydrogen-bond acceptors (Lipinski definition) is 0. The Hall–Kier alpha value is 0.220. The third-order valence-electron chi connectivity index (χ3n) is 0.544. The van der Waals surface area contributed by atoms with Crippen LogP contribution in [0.3, 0.4) is 0 Å². The summed E-state index contributed by atoms with van der Waals surface area (Å²) in [5.41, 5.74) is 0. The zero-order valence-corrected chi connectivity index (χ0v) is 5.53. The van der Waals surface area contributed by atoms with Gasteiger partial charge in [0.1, 0.15) is 0 Å². The zero-order chi connectivity index (χ0) is 4.83. The Morgan fingerprint density at radius 1 is 1.67 bits per heavy atom. The van der Waals surface area contributed by atoms with Gasteiger partial charge in [0.05, 0.1) is 0 Å². The maximum Gasteiger partial charge on any atom is -0.0229 e. The maximum absolute atomic E-state index is 3.17. The predicted octanol–water partition coefficient (Wildman–Crippen LogP) is 2.70. The van der Waals surface area contributed by atoms with Crippen LogP contribution in [0.1, 0.15) is 19.8 Å². The number of unbranched alkanes of at least 4 members (excludes halogenated alkanes) is 1. The van der Waals surface area contributed by atoms with Crippen molar-refractivity contribution in [2.45, 2.75) is 19.8 Å². The smallest absolute Gasteiger partial charge is 0.0229 e. The molecule has 0 nitrogen and oxygen atoms in total. The number of allylic oxidation sites excluding steroid dienone is 1. The summed E-state index contributed by atoms with van der Waals surface area (Å²) in [6.45, 7) is 2.16. The van der Waals surface area contributed by atoms with Gasteiger partial charge in [0.15, 0.2) is 0 Å². The van der Waals surface area contributed by atoms with Crippen molar-refractivity contribution in [2.24, 2.45) is 0 Å². The Morgan fingerprint density at radius 2 is 2.33 bits per heavy atom. The van der Waals surface area contributed by atoms with Gasteiger partial charge in [0.25, 0.3) is 0 Å². The van der Waals surface area contributed by atoms with Crippen LogP contribution in [0.25, 0.3) is 0 Å². The van der Waals surface area contributed by atoms with E-state index in [1.54, 1.807) is 0 Å². The molecule has 0 aliphatic rings. The molecule has 0 aromatic rings. The summed E-state index contributed by atoms with van der Waals surface area (Å²) in [6, 6.07) is 0. The van der Waals surface area contributed by atoms with Crippen LogP contribution in [-0.2, 0) is 0 Å². The van der Waals surface area contributed by atoms with E-state index in [-0.39, 0.29) is 0 Å². The molecule has 1 heteroatoms. The lowest BCUT2D eigenvalue weighted by Crippen LogP contribution is -1.54. The van der Waals surface area contributed by atoms with E-state index < -0.39 is 0 Å². The van der Waals surface area contributed by atoms with Gasteiger partial charge in [-0.05, 0) is 11.4 Å². The van der Waals surface area contributed by atoms with E-state index in [9.17, 15) is 0 Å². The first kappa shape index (κ1) is 6.22. The highest BCUT2D eigenvalue weighted by molar-refractivity contribution is 9.11. The van der Waals surface area contributed by atoms with Gasteiger partial charge in [-0.1, -0.05) is 35.4 Å². The third-order valence-corrected chi connectivity index (χ3v) is 0.918. The van der Waals surface area contributed by atoms with E-state index in [0.29, 0.717) is 0 Å². The van der Waals surface area contributed by atoms with Crippen LogP contribution in [0.2, 0.25) is 0 Å². The average molecular weight is 149 g/mol. The Bertz CT molecular complexity index is 39.2. The summed E-state index contributed by atoms with van der Waals surface area (Å²) in [4.78, 5) is 1.90. The Balaban J connectivity index is 2.66. The molecule has 36 valence electrons. The molecule has 0 radical (unpaired) electrons. The van der Waals surface area contributed by atoms with Crippen LogP contribution >= 0.6 is 15.9 Å². The summed E-state index contributed by atoms with van der Waals surface area (Å²) in [7, 11) is 0. The molecule has 0 saturated carbocycles. The molecule has 0 amide bonds. The van der Waals surface area contributed by atoms with Gasteiger partial charge in [-0.2, -0.15) is 0 Å². The minimum atomic E-state index is 1.19. The lowest BCUT2D eigenvalue weighted by Gasteiger charge is -1.75. The van der Waals surface area contributed by atoms with Crippen molar-refractivity contribution in [2.75, 3.05) is 0 Å². The van der Waals surface area contributed by atoms with E-state index in [2.05, 4.69) is 28.9 Å². The second-order valence-electron chi connectivity index (χ2n) is 1.15. The highest BCUT2D eigenvalue weighted by atomic mass is 79.9. The molecule has 0 heterocycles. The molecular formula is C5H9Br. The fourth-order valence-electron chi connectivity index (χ4n) is 0.230. The van der Waals surface area contributed by atoms with Crippen molar-refractivity contribution in [1.29, 1.82) is 0 Å². The quantitative estimate of drug-likeness (QED) is 0.566. The molecule has 0 fully saturated rings. The van der Waals surface area contributed by atoms with E-state index in [1.807, 2.05) is 4.99 Å². The highest BCUT2D eigenvalue weighted by Crippen LogP contribution is 1.90. The molecule has 0 rings (SSSR count). The van der Waals surface area contributed by atoms with Crippen LogP contribution in [0.5, 0.6) is 0 Å². The van der Waals surface area contributed by atoms with E-state index in [4.69, 9.17) is 0 Å². The second kappa shape index (κ2) is 5.22. The van der Waals surface area contributed by atoms with Crippen LogP contribution in [0.4, 0.5) is 0 Å². The van der Waals surface area contributed by atoms with E-state index >= 15 is 0 Å². The molecule has 0 spiro atoms. The predicted molar refractivity (Wildman–Crippen MR) is 33.0 cm³/mol. The Morgan fingerprint density at radius 3 is 2.50 bits per heavy atom. The summed E-state index contributed by atoms with van der Waals surface area (Å²) < 4.78 is 0. The SMILES string of the molecule is CCCC=CBr. The fourth-order valence-corrected chi connectivity index (χ4v) is 0.494. The summed E-state index contributed by atoms with van der Waals surface area (Å²) >= 11 is 3.17. The Labute approximate surface area is 47.4 Å². The molecule has 0 aliphatic heterocycles. The molecule has 0 bridgehead atoms. The first-order valence-corrected chi connectivity index (χ1v) is 3.08. The normalized spacial score (nSPS) is 10.3. The number of rotatable bonds is 2. The summed E-state index contributed by atoms with van der Waals surface area (Å²) in [5, 5.41) is 0. The molecule has 0 aromatic carbocycles. The molecule has 6 heavy (non-hydrogen) atoms. The fraction of sp³-hybridized carbons (Fsp3) is 0.600. The Kier molecular flexibility index (Phi) is 5.41. The third kappa shape index (κ3) is 4.22. The van der Waals surface area contributed by atoms with Gasteiger partial charge < -0.3 is 0 Å². The topological polar surface area (TPSA) is 0 Å². The molecule has 0 aliphatic carbocycles. The van der Waals surface area contributed by atoms with Gasteiger partial charge in [-0.25, -0.2) is 0 Å². The van der Waals surface area contributed by atoms with Crippen molar-refractivity contribution < 1.29 is 0 Å². The monoisotopic (exact) mass is 148 g/mol. The first-order chi connectivity index (χ1) is 2.91. The molecule has 0 saturated heterocycles. The van der Waals surface area contributed by atoms with Gasteiger partial charge in [0.2, 0.25) is 0 Å². The average Bonchev–Trinajstić information content (AvgIpc) is 1.61. The van der Waals surface area contributed by atoms with Crippen molar-refractivity contribution in [3.8, 4) is 0 Å². The minimum absolute atomic E-state index is 1.19. The lowest BCUT2D eigenvalue weighted by atomic mass is 10.3. The highest BCUT2D eigenvalue weighted by Gasteiger charge is 1.65. The maximum atomic E-state index is 3.17. The van der Waals surface area contributed by atoms with E-state index in [0.717, 1.165) is 0 Å². The van der Waals surface area contributed by atoms with Gasteiger partial charge in [-0.3, -0.25) is 0 Å². The van der Waals surface area contributed by atoms with Crippen LogP contribution in [0.15, 0.2) is 11.1 Å². The standard InChI is InChI=1S/C5H9Br/c1-2-3-4-5-6/h4-5H,2-3H2,1H3. The largest absolute Gasteiger partial charge is 0.0776 e. The summed E-state index contributed by atoms with van der Waals surface area (Å²) in [6.07, 6.45) is 4.52. The van der Waals surface area contributed by atoms with Gasteiger partial charge in [-0.15, -0.1) is 0 Å². The van der Waals surface area contributed by atoms with Crippen molar-refractivity contribution in [3.05, 3.63) is 11.1 Å².